The number of ether oxygens (including phenoxy) is 9. The maximum absolute atomic E-state index is 12.5. The van der Waals surface area contributed by atoms with Gasteiger partial charge in [0.2, 0.25) is 5.79 Å². The molecule has 0 bridgehead atoms. The molecule has 268 valence electrons. The van der Waals surface area contributed by atoms with Crippen molar-refractivity contribution < 1.29 is 65.9 Å². The molecule has 4 aliphatic heterocycles. The highest BCUT2D eigenvalue weighted by atomic mass is 32.2. The molecule has 4 heterocycles. The van der Waals surface area contributed by atoms with Gasteiger partial charge in [0.25, 0.3) is 0 Å². The van der Waals surface area contributed by atoms with E-state index in [9.17, 15) is 14.4 Å². The number of rotatable bonds is 11. The minimum absolute atomic E-state index is 0.0713. The van der Waals surface area contributed by atoms with Crippen molar-refractivity contribution in [1.82, 2.24) is 0 Å². The third-order valence-electron chi connectivity index (χ3n) is 7.96. The Morgan fingerprint density at radius 3 is 2.19 bits per heavy atom. The van der Waals surface area contributed by atoms with Crippen LogP contribution >= 0.6 is 11.8 Å². The van der Waals surface area contributed by atoms with Gasteiger partial charge in [-0.05, 0) is 52.9 Å². The molecule has 1 aromatic carbocycles. The quantitative estimate of drug-likeness (QED) is 0.187. The van der Waals surface area contributed by atoms with Gasteiger partial charge in [0.1, 0.15) is 42.6 Å². The fourth-order valence-electron chi connectivity index (χ4n) is 6.31. The van der Waals surface area contributed by atoms with Crippen LogP contribution in [-0.4, -0.2) is 112 Å². The van der Waals surface area contributed by atoms with Crippen molar-refractivity contribution in [2.45, 2.75) is 132 Å². The lowest BCUT2D eigenvalue weighted by Crippen LogP contribution is -2.64. The lowest BCUT2D eigenvalue weighted by atomic mass is 9.98. The average molecular weight is 715 g/mol. The fraction of sp³-hybridized carbons (Fsp3) is 0.719. The molecule has 48 heavy (non-hydrogen) atoms. The minimum atomic E-state index is -3.23. The predicted molar refractivity (Wildman–Crippen MR) is 170 cm³/mol. The standard InChI is InChI=1S/C32H46O14SSi/c1-18(33)36-15-22-24(39-19(2)34)26(40-20(3)35)27(29(41-22)47-21-13-11-10-12-14-21)45-48(8,9)38-17-32-28(44-31(6,7)46-32)25-23(16-37-32)42-30(4,5)43-25/h10-14,22-29H,15-17H2,1-9H3/t22-,23-,24-,25-,26+,27-,28+,29?,32+/m1/s1. The molecule has 0 saturated carbocycles. The molecule has 1 aromatic rings. The molecule has 0 amide bonds. The second kappa shape index (κ2) is 14.2. The molecule has 16 heteroatoms. The zero-order chi connectivity index (χ0) is 35.1. The van der Waals surface area contributed by atoms with Crippen molar-refractivity contribution in [2.24, 2.45) is 0 Å². The van der Waals surface area contributed by atoms with Crippen LogP contribution in [0.3, 0.4) is 0 Å². The van der Waals surface area contributed by atoms with Crippen LogP contribution < -0.4 is 0 Å². The van der Waals surface area contributed by atoms with Crippen LogP contribution in [0.4, 0.5) is 0 Å². The summed E-state index contributed by atoms with van der Waals surface area (Å²) < 4.78 is 67.7. The summed E-state index contributed by atoms with van der Waals surface area (Å²) >= 11 is 1.32. The second-order valence-corrected chi connectivity index (χ2v) is 18.0. The maximum Gasteiger partial charge on any atom is 0.332 e. The van der Waals surface area contributed by atoms with Crippen LogP contribution in [0.5, 0.6) is 0 Å². The van der Waals surface area contributed by atoms with E-state index in [1.165, 1.54) is 32.5 Å². The van der Waals surface area contributed by atoms with Crippen molar-refractivity contribution in [3.05, 3.63) is 30.3 Å². The van der Waals surface area contributed by atoms with E-state index in [0.717, 1.165) is 4.90 Å². The molecule has 0 aliphatic carbocycles. The Hall–Kier alpha value is -2.12. The highest BCUT2D eigenvalue weighted by molar-refractivity contribution is 7.99. The highest BCUT2D eigenvalue weighted by Gasteiger charge is 2.66. The Labute approximate surface area is 285 Å². The monoisotopic (exact) mass is 714 g/mol. The molecule has 14 nitrogen and oxygen atoms in total. The van der Waals surface area contributed by atoms with Crippen molar-refractivity contribution in [3.8, 4) is 0 Å². The van der Waals surface area contributed by atoms with Gasteiger partial charge in [-0.15, -0.1) is 0 Å². The zero-order valence-corrected chi connectivity index (χ0v) is 30.6. The largest absolute Gasteiger partial charge is 0.463 e. The van der Waals surface area contributed by atoms with Gasteiger partial charge in [0.05, 0.1) is 13.2 Å². The summed E-state index contributed by atoms with van der Waals surface area (Å²) in [5, 5.41) is 0. The molecule has 4 saturated heterocycles. The maximum atomic E-state index is 12.5. The van der Waals surface area contributed by atoms with E-state index >= 15 is 0 Å². The Morgan fingerprint density at radius 1 is 0.875 bits per heavy atom. The summed E-state index contributed by atoms with van der Waals surface area (Å²) in [5.74, 6) is -4.98. The molecule has 0 aromatic heterocycles. The molecular weight excluding hydrogens is 668 g/mol. The number of benzene rings is 1. The summed E-state index contributed by atoms with van der Waals surface area (Å²) in [7, 11) is -3.23. The number of hydrogen-bond acceptors (Lipinski definition) is 15. The first kappa shape index (κ1) is 37.1. The molecular formula is C32H46O14SSi. The van der Waals surface area contributed by atoms with Gasteiger partial charge in [-0.1, -0.05) is 30.0 Å². The molecule has 9 atom stereocenters. The number of hydrogen-bond donors (Lipinski definition) is 0. The number of thioether (sulfide) groups is 1. The van der Waals surface area contributed by atoms with Crippen LogP contribution in [0, 0.1) is 0 Å². The zero-order valence-electron chi connectivity index (χ0n) is 28.8. The average Bonchev–Trinajstić information content (AvgIpc) is 3.45. The van der Waals surface area contributed by atoms with E-state index in [4.69, 9.17) is 51.5 Å². The van der Waals surface area contributed by atoms with Gasteiger partial charge in [0, 0.05) is 25.7 Å². The SMILES string of the molecule is CC(=O)OC[C@H]1OC(Sc2ccccc2)[C@H](O[Si](C)(C)OC[C@@]23OC[C@H]4OC(C)(C)O[C@H]4[C@@H]2OC(C)(C)O3)[C@@H](OC(C)=O)[C@@H]1OC(C)=O. The van der Waals surface area contributed by atoms with Gasteiger partial charge in [-0.25, -0.2) is 0 Å². The molecule has 0 spiro atoms. The van der Waals surface area contributed by atoms with E-state index < -0.39 is 85.9 Å². The van der Waals surface area contributed by atoms with Crippen molar-refractivity contribution in [1.29, 1.82) is 0 Å². The Balaban J connectivity index is 1.42. The Kier molecular flexibility index (Phi) is 11.0. The Morgan fingerprint density at radius 2 is 1.54 bits per heavy atom. The van der Waals surface area contributed by atoms with E-state index in [0.29, 0.717) is 0 Å². The molecule has 4 fully saturated rings. The third kappa shape index (κ3) is 8.78. The molecule has 0 N–H and O–H groups in total. The van der Waals surface area contributed by atoms with Crippen LogP contribution in [0.15, 0.2) is 35.2 Å². The van der Waals surface area contributed by atoms with Crippen molar-refractivity contribution in [2.75, 3.05) is 19.8 Å². The van der Waals surface area contributed by atoms with Crippen LogP contribution in [0.1, 0.15) is 48.5 Å². The number of esters is 3. The number of carbonyl (C=O) groups excluding carboxylic acids is 3. The molecule has 5 rings (SSSR count). The second-order valence-electron chi connectivity index (χ2n) is 13.5. The minimum Gasteiger partial charge on any atom is -0.463 e. The van der Waals surface area contributed by atoms with Crippen LogP contribution in [0.2, 0.25) is 13.1 Å². The fourth-order valence-corrected chi connectivity index (χ4v) is 9.06. The van der Waals surface area contributed by atoms with E-state index in [-0.39, 0.29) is 25.9 Å². The van der Waals surface area contributed by atoms with Gasteiger partial charge >= 0.3 is 26.5 Å². The summed E-state index contributed by atoms with van der Waals surface area (Å²) in [5.41, 5.74) is -0.812. The van der Waals surface area contributed by atoms with Crippen LogP contribution in [0.25, 0.3) is 0 Å². The normalized spacial score (nSPS) is 35.3. The predicted octanol–water partition coefficient (Wildman–Crippen LogP) is 3.43. The molecule has 0 radical (unpaired) electrons. The van der Waals surface area contributed by atoms with E-state index in [2.05, 4.69) is 0 Å². The van der Waals surface area contributed by atoms with Crippen LogP contribution in [-0.2, 0) is 65.9 Å². The van der Waals surface area contributed by atoms with Gasteiger partial charge in [-0.2, -0.15) is 0 Å². The smallest absolute Gasteiger partial charge is 0.332 e. The van der Waals surface area contributed by atoms with E-state index in [1.807, 2.05) is 57.3 Å². The summed E-state index contributed by atoms with van der Waals surface area (Å²) in [6.07, 6.45) is -5.75. The first-order chi connectivity index (χ1) is 22.4. The first-order valence-corrected chi connectivity index (χ1v) is 19.6. The number of carbonyl (C=O) groups is 3. The van der Waals surface area contributed by atoms with E-state index in [1.54, 1.807) is 13.8 Å². The lowest BCUT2D eigenvalue weighted by Gasteiger charge is -2.47. The summed E-state index contributed by atoms with van der Waals surface area (Å²) in [6.45, 7) is 14.5. The van der Waals surface area contributed by atoms with Gasteiger partial charge < -0.3 is 51.5 Å². The topological polar surface area (TPSA) is 153 Å². The molecule has 4 aliphatic rings. The summed E-state index contributed by atoms with van der Waals surface area (Å²) in [4.78, 5) is 37.4. The molecule has 1 unspecified atom stereocenters. The third-order valence-corrected chi connectivity index (χ3v) is 10.8. The highest BCUT2D eigenvalue weighted by Crippen LogP contribution is 2.48. The van der Waals surface area contributed by atoms with Crippen molar-refractivity contribution >= 4 is 38.2 Å². The van der Waals surface area contributed by atoms with Gasteiger partial charge in [-0.3, -0.25) is 14.4 Å². The van der Waals surface area contributed by atoms with Gasteiger partial charge in [0.15, 0.2) is 23.8 Å². The summed E-state index contributed by atoms with van der Waals surface area (Å²) in [6, 6.07) is 9.42. The first-order valence-electron chi connectivity index (χ1n) is 15.9. The number of fused-ring (bicyclic) bond motifs is 3. The Bertz CT molecular complexity index is 1330. The lowest BCUT2D eigenvalue weighted by molar-refractivity contribution is -0.293. The van der Waals surface area contributed by atoms with Crippen molar-refractivity contribution in [3.63, 3.8) is 0 Å².